The number of anilines is 1. The SMILES string of the molecule is CCOc1ccc(CNc2ccc(C)cc2OC)cc1. The fraction of sp³-hybridized carbons (Fsp3) is 0.294. The average Bonchev–Trinajstić information content (AvgIpc) is 2.47. The molecule has 0 saturated heterocycles. The largest absolute Gasteiger partial charge is 0.495 e. The molecular weight excluding hydrogens is 250 g/mol. The Morgan fingerprint density at radius 1 is 1.05 bits per heavy atom. The van der Waals surface area contributed by atoms with Crippen LogP contribution in [0.4, 0.5) is 5.69 Å². The van der Waals surface area contributed by atoms with Gasteiger partial charge in [0.25, 0.3) is 0 Å². The minimum absolute atomic E-state index is 0.693. The summed E-state index contributed by atoms with van der Waals surface area (Å²) in [5.41, 5.74) is 3.40. The molecule has 3 heteroatoms. The molecule has 0 aliphatic carbocycles. The normalized spacial score (nSPS) is 10.2. The summed E-state index contributed by atoms with van der Waals surface area (Å²) >= 11 is 0. The first-order chi connectivity index (χ1) is 9.72. The van der Waals surface area contributed by atoms with Crippen LogP contribution in [0.15, 0.2) is 42.5 Å². The van der Waals surface area contributed by atoms with E-state index < -0.39 is 0 Å². The van der Waals surface area contributed by atoms with Gasteiger partial charge in [-0.2, -0.15) is 0 Å². The Balaban J connectivity index is 2.01. The first-order valence-corrected chi connectivity index (χ1v) is 6.83. The second kappa shape index (κ2) is 6.85. The third kappa shape index (κ3) is 3.67. The second-order valence-electron chi connectivity index (χ2n) is 4.63. The molecule has 0 unspecified atom stereocenters. The Morgan fingerprint density at radius 3 is 2.45 bits per heavy atom. The van der Waals surface area contributed by atoms with E-state index in [4.69, 9.17) is 9.47 Å². The predicted molar refractivity (Wildman–Crippen MR) is 82.7 cm³/mol. The molecule has 2 rings (SSSR count). The zero-order valence-corrected chi connectivity index (χ0v) is 12.3. The number of ether oxygens (including phenoxy) is 2. The van der Waals surface area contributed by atoms with Crippen molar-refractivity contribution in [3.63, 3.8) is 0 Å². The highest BCUT2D eigenvalue weighted by molar-refractivity contribution is 5.57. The van der Waals surface area contributed by atoms with E-state index in [1.54, 1.807) is 7.11 Å². The van der Waals surface area contributed by atoms with Crippen LogP contribution in [0.5, 0.6) is 11.5 Å². The molecule has 1 N–H and O–H groups in total. The number of hydrogen-bond donors (Lipinski definition) is 1. The summed E-state index contributed by atoms with van der Waals surface area (Å²) < 4.78 is 10.8. The minimum atomic E-state index is 0.693. The number of nitrogens with one attached hydrogen (secondary N) is 1. The third-order valence-corrected chi connectivity index (χ3v) is 3.07. The molecule has 0 aromatic heterocycles. The minimum Gasteiger partial charge on any atom is -0.495 e. The van der Waals surface area contributed by atoms with Crippen molar-refractivity contribution in [1.29, 1.82) is 0 Å². The van der Waals surface area contributed by atoms with Crippen LogP contribution in [-0.4, -0.2) is 13.7 Å². The topological polar surface area (TPSA) is 30.5 Å². The van der Waals surface area contributed by atoms with Gasteiger partial charge in [0.15, 0.2) is 0 Å². The van der Waals surface area contributed by atoms with Crippen LogP contribution < -0.4 is 14.8 Å². The van der Waals surface area contributed by atoms with Crippen molar-refractivity contribution >= 4 is 5.69 Å². The maximum absolute atomic E-state index is 5.43. The fourth-order valence-corrected chi connectivity index (χ4v) is 2.01. The lowest BCUT2D eigenvalue weighted by Crippen LogP contribution is -2.01. The Morgan fingerprint density at radius 2 is 1.80 bits per heavy atom. The van der Waals surface area contributed by atoms with Gasteiger partial charge in [-0.3, -0.25) is 0 Å². The van der Waals surface area contributed by atoms with Crippen molar-refractivity contribution in [1.82, 2.24) is 0 Å². The van der Waals surface area contributed by atoms with Crippen LogP contribution in [0.3, 0.4) is 0 Å². The highest BCUT2D eigenvalue weighted by atomic mass is 16.5. The van der Waals surface area contributed by atoms with E-state index in [0.29, 0.717) is 6.61 Å². The van der Waals surface area contributed by atoms with Gasteiger partial charge in [-0.1, -0.05) is 18.2 Å². The van der Waals surface area contributed by atoms with Gasteiger partial charge in [-0.25, -0.2) is 0 Å². The van der Waals surface area contributed by atoms with E-state index in [1.165, 1.54) is 11.1 Å². The van der Waals surface area contributed by atoms with Crippen LogP contribution in [0, 0.1) is 6.92 Å². The maximum Gasteiger partial charge on any atom is 0.142 e. The number of hydrogen-bond acceptors (Lipinski definition) is 3. The van der Waals surface area contributed by atoms with E-state index in [9.17, 15) is 0 Å². The van der Waals surface area contributed by atoms with Crippen molar-refractivity contribution in [2.24, 2.45) is 0 Å². The van der Waals surface area contributed by atoms with Gasteiger partial charge in [-0.15, -0.1) is 0 Å². The Bertz CT molecular complexity index is 549. The van der Waals surface area contributed by atoms with Gasteiger partial charge in [0.1, 0.15) is 11.5 Å². The summed E-state index contributed by atoms with van der Waals surface area (Å²) in [5.74, 6) is 1.78. The summed E-state index contributed by atoms with van der Waals surface area (Å²) in [7, 11) is 1.69. The van der Waals surface area contributed by atoms with E-state index in [0.717, 1.165) is 23.7 Å². The van der Waals surface area contributed by atoms with E-state index >= 15 is 0 Å². The van der Waals surface area contributed by atoms with Crippen molar-refractivity contribution in [2.75, 3.05) is 19.0 Å². The summed E-state index contributed by atoms with van der Waals surface area (Å²) in [6.07, 6.45) is 0. The first-order valence-electron chi connectivity index (χ1n) is 6.83. The average molecular weight is 271 g/mol. The quantitative estimate of drug-likeness (QED) is 0.861. The fourth-order valence-electron chi connectivity index (χ4n) is 2.01. The summed E-state index contributed by atoms with van der Waals surface area (Å²) in [5, 5.41) is 3.39. The van der Waals surface area contributed by atoms with Crippen LogP contribution in [0.2, 0.25) is 0 Å². The van der Waals surface area contributed by atoms with Gasteiger partial charge in [0, 0.05) is 6.54 Å². The van der Waals surface area contributed by atoms with Gasteiger partial charge in [0.2, 0.25) is 0 Å². The molecule has 0 heterocycles. The van der Waals surface area contributed by atoms with Crippen molar-refractivity contribution < 1.29 is 9.47 Å². The Kier molecular flexibility index (Phi) is 4.88. The lowest BCUT2D eigenvalue weighted by atomic mass is 10.2. The van der Waals surface area contributed by atoms with Crippen LogP contribution in [0.1, 0.15) is 18.1 Å². The van der Waals surface area contributed by atoms with Gasteiger partial charge in [-0.05, 0) is 49.2 Å². The molecule has 2 aromatic rings. The van der Waals surface area contributed by atoms with E-state index in [2.05, 4.69) is 30.4 Å². The molecule has 0 amide bonds. The molecule has 0 atom stereocenters. The van der Waals surface area contributed by atoms with Crippen LogP contribution in [0.25, 0.3) is 0 Å². The molecule has 0 aliphatic rings. The van der Waals surface area contributed by atoms with Gasteiger partial charge in [0.05, 0.1) is 19.4 Å². The smallest absolute Gasteiger partial charge is 0.142 e. The third-order valence-electron chi connectivity index (χ3n) is 3.07. The highest BCUT2D eigenvalue weighted by Crippen LogP contribution is 2.25. The zero-order valence-electron chi connectivity index (χ0n) is 12.3. The molecular formula is C17H21NO2. The molecule has 2 aromatic carbocycles. The molecule has 106 valence electrons. The van der Waals surface area contributed by atoms with Crippen LogP contribution >= 0.6 is 0 Å². The molecule has 0 spiro atoms. The van der Waals surface area contributed by atoms with Gasteiger partial charge < -0.3 is 14.8 Å². The number of methoxy groups -OCH3 is 1. The molecule has 0 radical (unpaired) electrons. The van der Waals surface area contributed by atoms with Crippen molar-refractivity contribution in [3.8, 4) is 11.5 Å². The summed E-state index contributed by atoms with van der Waals surface area (Å²) in [6, 6.07) is 14.3. The zero-order chi connectivity index (χ0) is 14.4. The van der Waals surface area contributed by atoms with Crippen LogP contribution in [-0.2, 0) is 6.54 Å². The van der Waals surface area contributed by atoms with E-state index in [-0.39, 0.29) is 0 Å². The molecule has 0 aliphatic heterocycles. The Labute approximate surface area is 120 Å². The van der Waals surface area contributed by atoms with E-state index in [1.807, 2.05) is 31.2 Å². The van der Waals surface area contributed by atoms with Gasteiger partial charge >= 0.3 is 0 Å². The predicted octanol–water partition coefficient (Wildman–Crippen LogP) is 4.01. The summed E-state index contributed by atoms with van der Waals surface area (Å²) in [6.45, 7) is 5.49. The lowest BCUT2D eigenvalue weighted by molar-refractivity contribution is 0.340. The number of benzene rings is 2. The molecule has 0 saturated carbocycles. The van der Waals surface area contributed by atoms with Crippen molar-refractivity contribution in [3.05, 3.63) is 53.6 Å². The first kappa shape index (κ1) is 14.3. The molecule has 20 heavy (non-hydrogen) atoms. The standard InChI is InChI=1S/C17H21NO2/c1-4-20-15-8-6-14(7-9-15)12-18-16-10-5-13(2)11-17(16)19-3/h5-11,18H,4,12H2,1-3H3. The number of aryl methyl sites for hydroxylation is 1. The molecule has 0 bridgehead atoms. The second-order valence-corrected chi connectivity index (χ2v) is 4.63. The molecule has 0 fully saturated rings. The maximum atomic E-state index is 5.43. The molecule has 3 nitrogen and oxygen atoms in total. The van der Waals surface area contributed by atoms with Crippen molar-refractivity contribution in [2.45, 2.75) is 20.4 Å². The lowest BCUT2D eigenvalue weighted by Gasteiger charge is -2.12. The Hall–Kier alpha value is -2.16. The number of rotatable bonds is 6. The summed E-state index contributed by atoms with van der Waals surface area (Å²) in [4.78, 5) is 0. The highest BCUT2D eigenvalue weighted by Gasteiger charge is 2.03. The monoisotopic (exact) mass is 271 g/mol.